The van der Waals surface area contributed by atoms with Gasteiger partial charge in [-0.15, -0.1) is 0 Å². The van der Waals surface area contributed by atoms with E-state index >= 15 is 0 Å². The van der Waals surface area contributed by atoms with Crippen LogP contribution in [-0.4, -0.2) is 54.7 Å². The van der Waals surface area contributed by atoms with E-state index in [4.69, 9.17) is 0 Å². The second kappa shape index (κ2) is 7.69. The second-order valence-corrected chi connectivity index (χ2v) is 8.78. The Balaban J connectivity index is 1.46. The molecular formula is C21H21N3O3S. The SMILES string of the molecule is O=C(c1ccnc2ccccc12)N1CCN(S(=O)(=O)Cc2ccccc2)CC1. The van der Waals surface area contributed by atoms with Crippen LogP contribution in [0.25, 0.3) is 10.9 Å². The van der Waals surface area contributed by atoms with Crippen molar-refractivity contribution in [1.29, 1.82) is 0 Å². The number of piperazine rings is 1. The molecule has 0 radical (unpaired) electrons. The summed E-state index contributed by atoms with van der Waals surface area (Å²) < 4.78 is 26.9. The van der Waals surface area contributed by atoms with E-state index in [9.17, 15) is 13.2 Å². The first kappa shape index (κ1) is 18.6. The molecule has 2 heterocycles. The highest BCUT2D eigenvalue weighted by Gasteiger charge is 2.29. The number of para-hydroxylation sites is 1. The van der Waals surface area contributed by atoms with Crippen LogP contribution in [0, 0.1) is 0 Å². The maximum atomic E-state index is 13.0. The van der Waals surface area contributed by atoms with Gasteiger partial charge in [0, 0.05) is 37.8 Å². The minimum Gasteiger partial charge on any atom is -0.336 e. The van der Waals surface area contributed by atoms with Crippen LogP contribution in [0.4, 0.5) is 0 Å². The van der Waals surface area contributed by atoms with E-state index in [0.29, 0.717) is 31.7 Å². The zero-order chi connectivity index (χ0) is 19.6. The number of sulfonamides is 1. The molecule has 0 N–H and O–H groups in total. The van der Waals surface area contributed by atoms with Gasteiger partial charge < -0.3 is 4.90 Å². The Morgan fingerprint density at radius 2 is 1.57 bits per heavy atom. The molecule has 1 aliphatic rings. The molecule has 28 heavy (non-hydrogen) atoms. The first-order chi connectivity index (χ1) is 13.5. The standard InChI is InChI=1S/C21H21N3O3S/c25-21(19-10-11-22-20-9-5-4-8-18(19)20)23-12-14-24(15-13-23)28(26,27)16-17-6-2-1-3-7-17/h1-11H,12-16H2. The van der Waals surface area contributed by atoms with Gasteiger partial charge in [-0.05, 0) is 17.7 Å². The van der Waals surface area contributed by atoms with Gasteiger partial charge >= 0.3 is 0 Å². The Hall–Kier alpha value is -2.77. The number of aromatic nitrogens is 1. The first-order valence-corrected chi connectivity index (χ1v) is 10.8. The summed E-state index contributed by atoms with van der Waals surface area (Å²) in [5.41, 5.74) is 2.15. The Kier molecular flexibility index (Phi) is 5.11. The van der Waals surface area contributed by atoms with E-state index in [-0.39, 0.29) is 11.7 Å². The molecule has 3 aromatic rings. The third kappa shape index (κ3) is 3.76. The molecule has 0 unspecified atom stereocenters. The zero-order valence-corrected chi connectivity index (χ0v) is 16.2. The molecule has 0 aliphatic carbocycles. The Morgan fingerprint density at radius 3 is 2.32 bits per heavy atom. The zero-order valence-electron chi connectivity index (χ0n) is 15.4. The predicted octanol–water partition coefficient (Wildman–Crippen LogP) is 2.52. The van der Waals surface area contributed by atoms with Crippen LogP contribution in [0.3, 0.4) is 0 Å². The van der Waals surface area contributed by atoms with Crippen molar-refractivity contribution in [3.05, 3.63) is 78.0 Å². The molecule has 0 saturated carbocycles. The van der Waals surface area contributed by atoms with Crippen molar-refractivity contribution in [2.45, 2.75) is 5.75 Å². The van der Waals surface area contributed by atoms with Gasteiger partial charge in [-0.2, -0.15) is 4.31 Å². The molecule has 0 atom stereocenters. The number of hydrogen-bond acceptors (Lipinski definition) is 4. The van der Waals surface area contributed by atoms with Crippen molar-refractivity contribution in [2.24, 2.45) is 0 Å². The summed E-state index contributed by atoms with van der Waals surface area (Å²) in [4.78, 5) is 19.0. The molecule has 1 aromatic heterocycles. The average molecular weight is 395 g/mol. The number of fused-ring (bicyclic) bond motifs is 1. The Bertz CT molecular complexity index is 1090. The fourth-order valence-corrected chi connectivity index (χ4v) is 5.01. The fourth-order valence-electron chi connectivity index (χ4n) is 3.50. The molecule has 0 spiro atoms. The number of nitrogens with zero attached hydrogens (tertiary/aromatic N) is 3. The number of pyridine rings is 1. The van der Waals surface area contributed by atoms with Gasteiger partial charge in [0.2, 0.25) is 10.0 Å². The van der Waals surface area contributed by atoms with Crippen molar-refractivity contribution in [3.63, 3.8) is 0 Å². The van der Waals surface area contributed by atoms with Crippen molar-refractivity contribution in [2.75, 3.05) is 26.2 Å². The van der Waals surface area contributed by atoms with E-state index in [1.165, 1.54) is 4.31 Å². The second-order valence-electron chi connectivity index (χ2n) is 6.81. The van der Waals surface area contributed by atoms with E-state index in [0.717, 1.165) is 16.5 Å². The van der Waals surface area contributed by atoms with Crippen LogP contribution in [0.2, 0.25) is 0 Å². The lowest BCUT2D eigenvalue weighted by Gasteiger charge is -2.34. The number of hydrogen-bond donors (Lipinski definition) is 0. The summed E-state index contributed by atoms with van der Waals surface area (Å²) in [5.74, 6) is -0.102. The smallest absolute Gasteiger partial charge is 0.254 e. The molecule has 4 rings (SSSR count). The third-order valence-corrected chi connectivity index (χ3v) is 6.84. The summed E-state index contributed by atoms with van der Waals surface area (Å²) in [6.45, 7) is 1.38. The number of rotatable bonds is 4. The highest BCUT2D eigenvalue weighted by molar-refractivity contribution is 7.88. The lowest BCUT2D eigenvalue weighted by atomic mass is 10.1. The van der Waals surface area contributed by atoms with Gasteiger partial charge in [-0.25, -0.2) is 8.42 Å². The van der Waals surface area contributed by atoms with Crippen LogP contribution < -0.4 is 0 Å². The fraction of sp³-hybridized carbons (Fsp3) is 0.238. The minimum atomic E-state index is -3.40. The van der Waals surface area contributed by atoms with Gasteiger partial charge in [0.15, 0.2) is 0 Å². The molecule has 1 aliphatic heterocycles. The molecular weight excluding hydrogens is 374 g/mol. The van der Waals surface area contributed by atoms with E-state index < -0.39 is 10.0 Å². The first-order valence-electron chi connectivity index (χ1n) is 9.19. The van der Waals surface area contributed by atoms with Crippen LogP contribution in [-0.2, 0) is 15.8 Å². The third-order valence-electron chi connectivity index (χ3n) is 4.99. The number of amides is 1. The van der Waals surface area contributed by atoms with E-state index in [1.54, 1.807) is 17.2 Å². The maximum absolute atomic E-state index is 13.0. The molecule has 2 aromatic carbocycles. The van der Waals surface area contributed by atoms with Gasteiger partial charge in [-0.1, -0.05) is 48.5 Å². The normalized spacial score (nSPS) is 15.6. The van der Waals surface area contributed by atoms with Gasteiger partial charge in [0.05, 0.1) is 16.8 Å². The van der Waals surface area contributed by atoms with Crippen LogP contribution in [0.1, 0.15) is 15.9 Å². The Morgan fingerprint density at radius 1 is 0.893 bits per heavy atom. The van der Waals surface area contributed by atoms with Crippen molar-refractivity contribution < 1.29 is 13.2 Å². The monoisotopic (exact) mass is 395 g/mol. The summed E-state index contributed by atoms with van der Waals surface area (Å²) in [5, 5.41) is 0.814. The van der Waals surface area contributed by atoms with Crippen LogP contribution in [0.5, 0.6) is 0 Å². The summed E-state index contributed by atoms with van der Waals surface area (Å²) in [6.07, 6.45) is 1.64. The Labute approximate surface area is 164 Å². The summed E-state index contributed by atoms with van der Waals surface area (Å²) in [7, 11) is -3.40. The van der Waals surface area contributed by atoms with Crippen LogP contribution >= 0.6 is 0 Å². The van der Waals surface area contributed by atoms with Crippen molar-refractivity contribution in [3.8, 4) is 0 Å². The molecule has 0 bridgehead atoms. The molecule has 144 valence electrons. The van der Waals surface area contributed by atoms with Crippen molar-refractivity contribution in [1.82, 2.24) is 14.2 Å². The average Bonchev–Trinajstić information content (AvgIpc) is 2.73. The molecule has 1 amide bonds. The minimum absolute atomic E-state index is 0.0171. The molecule has 6 nitrogen and oxygen atoms in total. The topological polar surface area (TPSA) is 70.6 Å². The molecule has 1 fully saturated rings. The lowest BCUT2D eigenvalue weighted by Crippen LogP contribution is -2.50. The lowest BCUT2D eigenvalue weighted by molar-refractivity contribution is 0.0699. The highest BCUT2D eigenvalue weighted by Crippen LogP contribution is 2.20. The van der Waals surface area contributed by atoms with Gasteiger partial charge in [0.25, 0.3) is 5.91 Å². The van der Waals surface area contributed by atoms with Gasteiger partial charge in [0.1, 0.15) is 0 Å². The molecule has 1 saturated heterocycles. The quantitative estimate of drug-likeness (QED) is 0.681. The number of carbonyl (C=O) groups is 1. The summed E-state index contributed by atoms with van der Waals surface area (Å²) in [6, 6.07) is 18.4. The van der Waals surface area contributed by atoms with Crippen molar-refractivity contribution >= 4 is 26.8 Å². The van der Waals surface area contributed by atoms with Gasteiger partial charge in [-0.3, -0.25) is 9.78 Å². The van der Waals surface area contributed by atoms with E-state index in [1.807, 2.05) is 54.6 Å². The summed E-state index contributed by atoms with van der Waals surface area (Å²) >= 11 is 0. The number of benzene rings is 2. The molecule has 7 heteroatoms. The number of carbonyl (C=O) groups excluding carboxylic acids is 1. The maximum Gasteiger partial charge on any atom is 0.254 e. The van der Waals surface area contributed by atoms with Crippen LogP contribution in [0.15, 0.2) is 66.9 Å². The van der Waals surface area contributed by atoms with E-state index in [2.05, 4.69) is 4.98 Å². The predicted molar refractivity (Wildman–Crippen MR) is 108 cm³/mol. The highest BCUT2D eigenvalue weighted by atomic mass is 32.2. The largest absolute Gasteiger partial charge is 0.336 e.